The number of rotatable bonds is 14. The van der Waals surface area contributed by atoms with Gasteiger partial charge in [0.05, 0.1) is 39.4 Å². The normalized spacial score (nSPS) is 11.6. The highest BCUT2D eigenvalue weighted by Crippen LogP contribution is 2.28. The van der Waals surface area contributed by atoms with Crippen LogP contribution in [-0.2, 0) is 32.5 Å². The first-order chi connectivity index (χ1) is 19.8. The van der Waals surface area contributed by atoms with Crippen molar-refractivity contribution in [3.63, 3.8) is 0 Å². The van der Waals surface area contributed by atoms with Gasteiger partial charge in [0.2, 0.25) is 15.9 Å². The summed E-state index contributed by atoms with van der Waals surface area (Å²) in [5.41, 5.74) is 2.42. The molecule has 0 unspecified atom stereocenters. The van der Waals surface area contributed by atoms with Gasteiger partial charge in [0.25, 0.3) is 0 Å². The third kappa shape index (κ3) is 7.23. The number of carbonyl (C=O) groups excluding carboxylic acids is 1. The molecule has 0 aliphatic heterocycles. The summed E-state index contributed by atoms with van der Waals surface area (Å²) in [6, 6.07) is 16.3. The summed E-state index contributed by atoms with van der Waals surface area (Å²) < 4.78 is 45.0. The molecule has 2 heterocycles. The first-order valence-corrected chi connectivity index (χ1v) is 15.4. The number of fused-ring (bicyclic) bond motifs is 1. The van der Waals surface area contributed by atoms with E-state index in [0.29, 0.717) is 41.9 Å². The number of thiophene rings is 1. The van der Waals surface area contributed by atoms with Crippen molar-refractivity contribution in [2.75, 3.05) is 47.6 Å². The second kappa shape index (κ2) is 13.9. The molecule has 11 heteroatoms. The molecule has 4 rings (SSSR count). The topological polar surface area (TPSA) is 98.3 Å². The predicted octanol–water partition coefficient (Wildman–Crippen LogP) is 4.53. The largest absolute Gasteiger partial charge is 0.493 e. The predicted molar refractivity (Wildman–Crippen MR) is 160 cm³/mol. The van der Waals surface area contributed by atoms with E-state index >= 15 is 0 Å². The molecule has 1 amide bonds. The van der Waals surface area contributed by atoms with Gasteiger partial charge in [-0.15, -0.1) is 11.3 Å². The van der Waals surface area contributed by atoms with Crippen molar-refractivity contribution >= 4 is 38.2 Å². The van der Waals surface area contributed by atoms with Gasteiger partial charge in [0.1, 0.15) is 4.90 Å². The first-order valence-electron chi connectivity index (χ1n) is 13.1. The van der Waals surface area contributed by atoms with E-state index < -0.39 is 10.0 Å². The van der Waals surface area contributed by atoms with Crippen LogP contribution in [0.4, 0.5) is 0 Å². The molecule has 2 aromatic heterocycles. The van der Waals surface area contributed by atoms with Crippen LogP contribution in [0.15, 0.2) is 71.1 Å². The zero-order valence-electron chi connectivity index (χ0n) is 23.7. The van der Waals surface area contributed by atoms with Gasteiger partial charge in [-0.3, -0.25) is 9.78 Å². The Hall–Kier alpha value is -3.51. The molecule has 0 fully saturated rings. The fraction of sp³-hybridized carbons (Fsp3) is 0.333. The quantitative estimate of drug-likeness (QED) is 0.211. The maximum atomic E-state index is 13.9. The van der Waals surface area contributed by atoms with Gasteiger partial charge in [0, 0.05) is 36.7 Å². The number of nitrogens with zero attached hydrogens (tertiary/aromatic N) is 3. The maximum Gasteiger partial charge on any atom is 0.245 e. The van der Waals surface area contributed by atoms with Crippen molar-refractivity contribution in [3.05, 3.63) is 82.2 Å². The number of hydrogen-bond donors (Lipinski definition) is 0. The molecule has 0 atom stereocenters. The molecule has 0 spiro atoms. The third-order valence-corrected chi connectivity index (χ3v) is 9.73. The number of sulfonamides is 1. The standard InChI is InChI=1S/C30H35N3O6S2/c1-22-13-18-40-27(22)20-32(15-12-23-10-11-25(38-3)26(19-23)39-4)29(34)21-33(16-17-37-2)41(35,36)28-9-5-7-24-8-6-14-31-30(24)28/h5-11,13-14,18-19H,12,15-17,20-21H2,1-4H3. The van der Waals surface area contributed by atoms with E-state index in [-0.39, 0.29) is 30.5 Å². The summed E-state index contributed by atoms with van der Waals surface area (Å²) >= 11 is 1.57. The smallest absolute Gasteiger partial charge is 0.245 e. The molecule has 218 valence electrons. The summed E-state index contributed by atoms with van der Waals surface area (Å²) in [6.07, 6.45) is 2.11. The average Bonchev–Trinajstić information content (AvgIpc) is 3.40. The van der Waals surface area contributed by atoms with Crippen LogP contribution < -0.4 is 9.47 Å². The van der Waals surface area contributed by atoms with Crippen LogP contribution in [0.1, 0.15) is 16.0 Å². The summed E-state index contributed by atoms with van der Waals surface area (Å²) in [5, 5.41) is 2.70. The molecule has 0 aliphatic rings. The Labute approximate surface area is 245 Å². The molecule has 41 heavy (non-hydrogen) atoms. The van der Waals surface area contributed by atoms with Crippen LogP contribution in [0, 0.1) is 6.92 Å². The van der Waals surface area contributed by atoms with Crippen molar-refractivity contribution in [3.8, 4) is 11.5 Å². The van der Waals surface area contributed by atoms with E-state index in [2.05, 4.69) is 4.98 Å². The van der Waals surface area contributed by atoms with Crippen LogP contribution in [0.25, 0.3) is 10.9 Å². The van der Waals surface area contributed by atoms with Crippen LogP contribution in [-0.4, -0.2) is 76.1 Å². The fourth-order valence-electron chi connectivity index (χ4n) is 4.48. The second-order valence-corrected chi connectivity index (χ2v) is 12.4. The van der Waals surface area contributed by atoms with Crippen LogP contribution >= 0.6 is 11.3 Å². The average molecular weight is 598 g/mol. The second-order valence-electron chi connectivity index (χ2n) is 9.44. The van der Waals surface area contributed by atoms with Crippen LogP contribution in [0.5, 0.6) is 11.5 Å². The Morgan fingerprint density at radius 3 is 2.46 bits per heavy atom. The van der Waals surface area contributed by atoms with Gasteiger partial charge in [-0.1, -0.05) is 24.3 Å². The highest BCUT2D eigenvalue weighted by Gasteiger charge is 2.30. The van der Waals surface area contributed by atoms with Gasteiger partial charge in [-0.05, 0) is 60.2 Å². The number of amides is 1. The highest BCUT2D eigenvalue weighted by atomic mass is 32.2. The number of aryl methyl sites for hydroxylation is 1. The molecule has 0 N–H and O–H groups in total. The summed E-state index contributed by atoms with van der Waals surface area (Å²) in [4.78, 5) is 21.0. The minimum atomic E-state index is -4.07. The Balaban J connectivity index is 1.61. The number of methoxy groups -OCH3 is 3. The number of carbonyl (C=O) groups is 1. The van der Waals surface area contributed by atoms with E-state index in [4.69, 9.17) is 14.2 Å². The number of hydrogen-bond acceptors (Lipinski definition) is 8. The molecule has 0 saturated heterocycles. The summed E-state index contributed by atoms with van der Waals surface area (Å²) in [5.74, 6) is 0.934. The van der Waals surface area contributed by atoms with E-state index in [1.165, 1.54) is 17.5 Å². The molecular weight excluding hydrogens is 562 g/mol. The Kier molecular flexibility index (Phi) is 10.3. The van der Waals surface area contributed by atoms with Crippen molar-refractivity contribution in [2.24, 2.45) is 0 Å². The van der Waals surface area contributed by atoms with Gasteiger partial charge in [-0.2, -0.15) is 4.31 Å². The molecule has 4 aromatic rings. The number of pyridine rings is 1. The number of para-hydroxylation sites is 1. The maximum absolute atomic E-state index is 13.9. The number of ether oxygens (including phenoxy) is 3. The van der Waals surface area contributed by atoms with Crippen LogP contribution in [0.3, 0.4) is 0 Å². The molecule has 2 aromatic carbocycles. The van der Waals surface area contributed by atoms with Crippen LogP contribution in [0.2, 0.25) is 0 Å². The van der Waals surface area contributed by atoms with Crippen molar-refractivity contribution < 1.29 is 27.4 Å². The lowest BCUT2D eigenvalue weighted by Gasteiger charge is -2.27. The molecule has 9 nitrogen and oxygen atoms in total. The Morgan fingerprint density at radius 1 is 0.976 bits per heavy atom. The molecule has 0 bridgehead atoms. The van der Waals surface area contributed by atoms with Gasteiger partial charge < -0.3 is 19.1 Å². The van der Waals surface area contributed by atoms with E-state index in [1.807, 2.05) is 48.7 Å². The summed E-state index contributed by atoms with van der Waals surface area (Å²) in [7, 11) is 0.597. The highest BCUT2D eigenvalue weighted by molar-refractivity contribution is 7.89. The molecule has 0 saturated carbocycles. The van der Waals surface area contributed by atoms with E-state index in [0.717, 1.165) is 16.0 Å². The van der Waals surface area contributed by atoms with Gasteiger partial charge >= 0.3 is 0 Å². The van der Waals surface area contributed by atoms with Gasteiger partial charge in [-0.25, -0.2) is 8.42 Å². The fourth-order valence-corrected chi connectivity index (χ4v) is 6.94. The van der Waals surface area contributed by atoms with Crippen molar-refractivity contribution in [2.45, 2.75) is 24.8 Å². The SMILES string of the molecule is COCCN(CC(=O)N(CCc1ccc(OC)c(OC)c1)Cc1sccc1C)S(=O)(=O)c1cccc2cccnc12. The summed E-state index contributed by atoms with van der Waals surface area (Å²) in [6.45, 7) is 2.61. The number of benzene rings is 2. The van der Waals surface area contributed by atoms with Gasteiger partial charge in [0.15, 0.2) is 11.5 Å². The zero-order valence-corrected chi connectivity index (χ0v) is 25.3. The molecular formula is C30H35N3O6S2. The monoisotopic (exact) mass is 597 g/mol. The first kappa shape index (κ1) is 30.4. The molecule has 0 radical (unpaired) electrons. The minimum Gasteiger partial charge on any atom is -0.493 e. The Morgan fingerprint density at radius 2 is 1.76 bits per heavy atom. The van der Waals surface area contributed by atoms with Crippen molar-refractivity contribution in [1.82, 2.24) is 14.2 Å². The number of aromatic nitrogens is 1. The van der Waals surface area contributed by atoms with E-state index in [9.17, 15) is 13.2 Å². The lowest BCUT2D eigenvalue weighted by molar-refractivity contribution is -0.132. The minimum absolute atomic E-state index is 0.0232. The van der Waals surface area contributed by atoms with Crippen molar-refractivity contribution in [1.29, 1.82) is 0 Å². The lowest BCUT2D eigenvalue weighted by atomic mass is 10.1. The third-order valence-electron chi connectivity index (χ3n) is 6.84. The molecule has 0 aliphatic carbocycles. The van der Waals surface area contributed by atoms with E-state index in [1.54, 1.807) is 48.8 Å². The Bertz CT molecular complexity index is 1580. The lowest BCUT2D eigenvalue weighted by Crippen LogP contribution is -2.44. The zero-order chi connectivity index (χ0) is 29.4.